The molecular formula is C76H50N10O8+2. The molecule has 16 rings (SSSR count). The van der Waals surface area contributed by atoms with E-state index in [9.17, 15) is 39.0 Å². The fraction of sp³-hybridized carbons (Fsp3) is 0. The Hall–Kier alpha value is -13.5. The number of nitrogens with zero attached hydrogens (tertiary/aromatic N) is 4. The zero-order valence-corrected chi connectivity index (χ0v) is 49.4. The minimum Gasteiger partial charge on any atom is -0.505 e. The van der Waals surface area contributed by atoms with Gasteiger partial charge in [-0.15, -0.1) is 10.2 Å². The lowest BCUT2D eigenvalue weighted by Gasteiger charge is -2.11. The largest absolute Gasteiger partial charge is 0.505 e. The molecule has 15 aromatic rings. The molecule has 18 heteroatoms. The van der Waals surface area contributed by atoms with E-state index in [1.54, 1.807) is 109 Å². The van der Waals surface area contributed by atoms with Crippen LogP contribution in [0.15, 0.2) is 295 Å². The van der Waals surface area contributed by atoms with Gasteiger partial charge in [-0.25, -0.2) is 0 Å². The third-order valence-corrected chi connectivity index (χ3v) is 16.1. The number of aromatic hydroxyl groups is 2. The maximum atomic E-state index is 13.4. The molecule has 2 amide bonds. The number of fused-ring (bicyclic) bond motifs is 11. The standard InChI is InChI=1S/C28H12N2O4.C25H19N5O2.C23H17N3O2/c31-25-13-5-1-3-7-15(13)27(33)21-17(25)9-11-19-23(21)29-20-12-10-18-22(24(20)30-19)28(34)16-8-4-2-6-14(16)26(18)32;1-15-26-21-12-11-18(14-22(21)27-15)28-25(32)20-13-16-7-5-6-10-19(16)23(24(20)31)30-29-17-8-3-2-4-9-17;27-22-20(23(28)24-17-10-3-1-4-11-17)15-16-9-7-8-14-19(16)21(22)26-25-18-12-5-2-6-13-18/h1-12H;2-14,26-27,31H,1H2,(H,28,32);1-15,27H,(H,24,28)/p+2. The van der Waals surface area contributed by atoms with E-state index in [2.05, 4.69) is 58.3 Å². The SMILES string of the molecule is C=C1Nc2ccc(NC(=O)c3cc4ccccc4c(N=Nc4ccccc4)c3O)cc2N1.O=C(Nc1ccccc1)c1cc2ccccc2c(N=Nc2ccccc2)c1O.O=c1c2ccccc2c(=O)c2c1ccc1[nH+]c3c(ccc4c(=O)c5ccccc5c(=O)c43)[nH+]c12. The Bertz CT molecular complexity index is 5780. The van der Waals surface area contributed by atoms with Gasteiger partial charge >= 0.3 is 0 Å². The fourth-order valence-corrected chi connectivity index (χ4v) is 11.6. The molecule has 1 aromatic heterocycles. The van der Waals surface area contributed by atoms with Gasteiger partial charge in [0.25, 0.3) is 33.9 Å². The van der Waals surface area contributed by atoms with Crippen molar-refractivity contribution in [2.75, 3.05) is 21.3 Å². The summed E-state index contributed by atoms with van der Waals surface area (Å²) in [7, 11) is 0. The Morgan fingerprint density at radius 1 is 0.372 bits per heavy atom. The van der Waals surface area contributed by atoms with Crippen molar-refractivity contribution in [3.63, 3.8) is 0 Å². The number of hydrogen-bond donors (Lipinski definition) is 6. The van der Waals surface area contributed by atoms with E-state index in [1.807, 2.05) is 133 Å². The van der Waals surface area contributed by atoms with Gasteiger partial charge in [-0.1, -0.05) is 158 Å². The number of phenolic OH excluding ortho intramolecular Hbond substituents is 2. The van der Waals surface area contributed by atoms with Gasteiger partial charge in [0.15, 0.2) is 22.4 Å². The van der Waals surface area contributed by atoms with Crippen LogP contribution < -0.4 is 53.0 Å². The molecule has 0 aliphatic carbocycles. The summed E-state index contributed by atoms with van der Waals surface area (Å²) in [6.45, 7) is 3.83. The van der Waals surface area contributed by atoms with Gasteiger partial charge in [-0.05, 0) is 89.6 Å². The minimum atomic E-state index is -0.450. The highest BCUT2D eigenvalue weighted by Gasteiger charge is 2.27. The number of amides is 2. The molecule has 1 aliphatic heterocycles. The van der Waals surface area contributed by atoms with E-state index in [0.29, 0.717) is 99.1 Å². The first-order chi connectivity index (χ1) is 45.8. The summed E-state index contributed by atoms with van der Waals surface area (Å²) in [5, 5.41) is 56.3. The number of carbonyl (C=O) groups is 2. The topological polar surface area (TPSA) is 269 Å². The second-order valence-electron chi connectivity index (χ2n) is 22.0. The van der Waals surface area contributed by atoms with Gasteiger partial charge < -0.3 is 31.5 Å². The van der Waals surface area contributed by atoms with Gasteiger partial charge in [-0.3, -0.25) is 28.8 Å². The van der Waals surface area contributed by atoms with Crippen molar-refractivity contribution in [3.8, 4) is 11.5 Å². The second kappa shape index (κ2) is 24.5. The van der Waals surface area contributed by atoms with Gasteiger partial charge in [0.05, 0.1) is 33.9 Å². The molecule has 94 heavy (non-hydrogen) atoms. The number of aromatic nitrogens is 2. The molecule has 14 aromatic carbocycles. The van der Waals surface area contributed by atoms with Crippen molar-refractivity contribution in [3.05, 3.63) is 307 Å². The van der Waals surface area contributed by atoms with Crippen LogP contribution in [-0.4, -0.2) is 22.0 Å². The summed E-state index contributed by atoms with van der Waals surface area (Å²) in [6, 6.07) is 71.4. The zero-order chi connectivity index (χ0) is 64.6. The highest BCUT2D eigenvalue weighted by molar-refractivity contribution is 6.14. The lowest BCUT2D eigenvalue weighted by Crippen LogP contribution is -2.23. The van der Waals surface area contributed by atoms with E-state index < -0.39 is 11.8 Å². The Labute approximate surface area is 531 Å². The predicted molar refractivity (Wildman–Crippen MR) is 370 cm³/mol. The summed E-state index contributed by atoms with van der Waals surface area (Å²) < 4.78 is 0. The van der Waals surface area contributed by atoms with Crippen LogP contribution in [0.4, 0.5) is 45.5 Å². The molecule has 0 saturated heterocycles. The van der Waals surface area contributed by atoms with Crippen LogP contribution in [0.25, 0.3) is 86.7 Å². The first kappa shape index (κ1) is 58.2. The number of para-hydroxylation sites is 1. The normalized spacial score (nSPS) is 11.9. The molecule has 1 aliphatic rings. The van der Waals surface area contributed by atoms with E-state index in [1.165, 1.54) is 0 Å². The predicted octanol–water partition coefficient (Wildman–Crippen LogP) is 15.3. The highest BCUT2D eigenvalue weighted by atomic mass is 16.3. The highest BCUT2D eigenvalue weighted by Crippen LogP contribution is 2.42. The Kier molecular flexibility index (Phi) is 15.2. The molecule has 18 nitrogen and oxygen atoms in total. The van der Waals surface area contributed by atoms with Crippen LogP contribution in [-0.2, 0) is 0 Å². The number of carbonyl (C=O) groups excluding carboxylic acids is 2. The van der Waals surface area contributed by atoms with Crippen molar-refractivity contribution < 1.29 is 29.8 Å². The molecule has 0 spiro atoms. The number of azo groups is 2. The molecule has 0 fully saturated rings. The molecule has 0 unspecified atom stereocenters. The van der Waals surface area contributed by atoms with E-state index in [0.717, 1.165) is 27.5 Å². The Morgan fingerprint density at radius 3 is 1.21 bits per heavy atom. The van der Waals surface area contributed by atoms with E-state index in [-0.39, 0.29) is 55.7 Å². The minimum absolute atomic E-state index is 0.113. The third kappa shape index (κ3) is 11.0. The van der Waals surface area contributed by atoms with Crippen LogP contribution in [0.2, 0.25) is 0 Å². The second-order valence-corrected chi connectivity index (χ2v) is 22.0. The Morgan fingerprint density at radius 2 is 0.755 bits per heavy atom. The summed E-state index contributed by atoms with van der Waals surface area (Å²) in [5.74, 6) is -0.620. The average molecular weight is 1230 g/mol. The van der Waals surface area contributed by atoms with Crippen molar-refractivity contribution in [2.45, 2.75) is 0 Å². The van der Waals surface area contributed by atoms with Gasteiger partial charge in [0, 0.05) is 66.6 Å². The number of H-pyrrole nitrogens is 2. The first-order valence-electron chi connectivity index (χ1n) is 29.6. The van der Waals surface area contributed by atoms with E-state index in [4.69, 9.17) is 0 Å². The lowest BCUT2D eigenvalue weighted by molar-refractivity contribution is -0.359. The zero-order valence-electron chi connectivity index (χ0n) is 49.4. The van der Waals surface area contributed by atoms with Crippen molar-refractivity contribution in [2.24, 2.45) is 20.5 Å². The molecule has 0 radical (unpaired) electrons. The smallest absolute Gasteiger partial charge is 0.288 e. The molecule has 0 bridgehead atoms. The molecule has 0 saturated carbocycles. The number of anilines is 4. The van der Waals surface area contributed by atoms with Crippen LogP contribution in [0.5, 0.6) is 11.5 Å². The third-order valence-electron chi connectivity index (χ3n) is 16.1. The molecular weight excluding hydrogens is 1180 g/mol. The number of rotatable bonds is 8. The number of aromatic amines is 2. The van der Waals surface area contributed by atoms with Crippen LogP contribution >= 0.6 is 0 Å². The fourth-order valence-electron chi connectivity index (χ4n) is 11.6. The monoisotopic (exact) mass is 1230 g/mol. The molecule has 8 N–H and O–H groups in total. The van der Waals surface area contributed by atoms with Crippen molar-refractivity contribution in [1.82, 2.24) is 0 Å². The number of nitrogens with one attached hydrogen (secondary N) is 6. The maximum Gasteiger partial charge on any atom is 0.288 e. The average Bonchev–Trinajstić information content (AvgIpc) is 0.798. The summed E-state index contributed by atoms with van der Waals surface area (Å²) in [4.78, 5) is 85.3. The van der Waals surface area contributed by atoms with Gasteiger partial charge in [-0.2, -0.15) is 20.2 Å². The first-order valence-corrected chi connectivity index (χ1v) is 29.6. The number of benzene rings is 14. The van der Waals surface area contributed by atoms with Gasteiger partial charge in [0.2, 0.25) is 10.9 Å². The number of hydrogen-bond acceptors (Lipinski definition) is 14. The lowest BCUT2D eigenvalue weighted by atomic mass is 9.99. The van der Waals surface area contributed by atoms with Crippen molar-refractivity contribution in [1.29, 1.82) is 0 Å². The van der Waals surface area contributed by atoms with Crippen molar-refractivity contribution >= 4 is 144 Å². The summed E-state index contributed by atoms with van der Waals surface area (Å²) >= 11 is 0. The Balaban J connectivity index is 0.000000122. The van der Waals surface area contributed by atoms with Gasteiger partial charge in [0.1, 0.15) is 28.0 Å². The van der Waals surface area contributed by atoms with Crippen LogP contribution in [0.3, 0.4) is 0 Å². The molecule has 2 heterocycles. The number of phenols is 2. The molecule has 0 atom stereocenters. The van der Waals surface area contributed by atoms with Crippen LogP contribution in [0, 0.1) is 0 Å². The summed E-state index contributed by atoms with van der Waals surface area (Å²) in [6.07, 6.45) is 0. The quantitative estimate of drug-likeness (QED) is 0.0476. The summed E-state index contributed by atoms with van der Waals surface area (Å²) in [5.41, 5.74) is 6.17. The maximum absolute atomic E-state index is 13.4. The van der Waals surface area contributed by atoms with Crippen LogP contribution in [0.1, 0.15) is 20.7 Å². The van der Waals surface area contributed by atoms with E-state index >= 15 is 0 Å². The molecule has 450 valence electrons.